The number of benzene rings is 1. The standard InChI is InChI=1S/C13H10N2O/c14-13(16)10-6-3-5-9-8-4-1-2-7-11(8)15-12(9)10/h1-7,10H,(H2,14,16). The average Bonchev–Trinajstić information content (AvgIpc) is 2.67. The van der Waals surface area contributed by atoms with Crippen molar-refractivity contribution in [3.63, 3.8) is 0 Å². The number of amides is 1. The first-order chi connectivity index (χ1) is 7.77. The summed E-state index contributed by atoms with van der Waals surface area (Å²) in [7, 11) is 0. The minimum Gasteiger partial charge on any atom is -0.369 e. The molecule has 1 heterocycles. The van der Waals surface area contributed by atoms with Crippen LogP contribution in [0.2, 0.25) is 0 Å². The second-order valence-electron chi connectivity index (χ2n) is 3.86. The maximum atomic E-state index is 11.3. The van der Waals surface area contributed by atoms with Crippen LogP contribution in [0.1, 0.15) is 5.56 Å². The predicted octanol–water partition coefficient (Wildman–Crippen LogP) is 1.83. The summed E-state index contributed by atoms with van der Waals surface area (Å²) in [4.78, 5) is 15.8. The molecule has 1 aromatic rings. The lowest BCUT2D eigenvalue weighted by Gasteiger charge is -2.14. The molecule has 2 N–H and O–H groups in total. The number of hydrogen-bond acceptors (Lipinski definition) is 2. The summed E-state index contributed by atoms with van der Waals surface area (Å²) in [5.41, 5.74) is 9.14. The maximum Gasteiger partial charge on any atom is 0.230 e. The first-order valence-corrected chi connectivity index (χ1v) is 5.13. The molecule has 3 rings (SSSR count). The Kier molecular flexibility index (Phi) is 1.80. The van der Waals surface area contributed by atoms with Gasteiger partial charge in [0.25, 0.3) is 0 Å². The number of hydrogen-bond donors (Lipinski definition) is 1. The summed E-state index contributed by atoms with van der Waals surface area (Å²) in [6, 6.07) is 7.86. The Labute approximate surface area is 93.0 Å². The Hall–Kier alpha value is -2.16. The third-order valence-corrected chi connectivity index (χ3v) is 2.88. The number of para-hydroxylation sites is 1. The van der Waals surface area contributed by atoms with E-state index in [1.165, 1.54) is 0 Å². The van der Waals surface area contributed by atoms with Crippen LogP contribution in [0, 0.1) is 5.92 Å². The predicted molar refractivity (Wildman–Crippen MR) is 63.3 cm³/mol. The van der Waals surface area contributed by atoms with E-state index >= 15 is 0 Å². The molecule has 0 saturated heterocycles. The van der Waals surface area contributed by atoms with E-state index in [4.69, 9.17) is 5.73 Å². The van der Waals surface area contributed by atoms with E-state index in [2.05, 4.69) is 4.99 Å². The van der Waals surface area contributed by atoms with E-state index < -0.39 is 5.92 Å². The van der Waals surface area contributed by atoms with Gasteiger partial charge < -0.3 is 5.73 Å². The van der Waals surface area contributed by atoms with Crippen LogP contribution in [0.25, 0.3) is 5.57 Å². The minimum absolute atomic E-state index is 0.353. The fourth-order valence-corrected chi connectivity index (χ4v) is 2.12. The molecule has 0 radical (unpaired) electrons. The molecule has 1 unspecified atom stereocenters. The van der Waals surface area contributed by atoms with Crippen molar-refractivity contribution in [3.05, 3.63) is 48.1 Å². The Morgan fingerprint density at radius 2 is 2.12 bits per heavy atom. The molecule has 0 aromatic heterocycles. The molecule has 0 fully saturated rings. The highest BCUT2D eigenvalue weighted by molar-refractivity contribution is 6.35. The van der Waals surface area contributed by atoms with E-state index in [9.17, 15) is 4.79 Å². The van der Waals surface area contributed by atoms with Crippen LogP contribution in [-0.4, -0.2) is 11.6 Å². The molecule has 1 aromatic carbocycles. The highest BCUT2D eigenvalue weighted by Crippen LogP contribution is 2.38. The number of carbonyl (C=O) groups excluding carboxylic acids is 1. The van der Waals surface area contributed by atoms with Gasteiger partial charge in [0, 0.05) is 11.1 Å². The molecule has 0 saturated carbocycles. The van der Waals surface area contributed by atoms with Crippen LogP contribution in [0.4, 0.5) is 5.69 Å². The number of fused-ring (bicyclic) bond motifs is 3. The van der Waals surface area contributed by atoms with E-state index in [0.717, 1.165) is 22.5 Å². The van der Waals surface area contributed by atoms with E-state index in [0.29, 0.717) is 0 Å². The van der Waals surface area contributed by atoms with E-state index in [1.54, 1.807) is 6.08 Å². The first kappa shape index (κ1) is 9.09. The lowest BCUT2D eigenvalue weighted by molar-refractivity contribution is -0.118. The Bertz CT molecular complexity index is 567. The van der Waals surface area contributed by atoms with Crippen LogP contribution in [0.5, 0.6) is 0 Å². The topological polar surface area (TPSA) is 55.5 Å². The van der Waals surface area contributed by atoms with Gasteiger partial charge in [-0.2, -0.15) is 0 Å². The van der Waals surface area contributed by atoms with Gasteiger partial charge in [0.15, 0.2) is 0 Å². The molecule has 1 atom stereocenters. The van der Waals surface area contributed by atoms with Crippen LogP contribution >= 0.6 is 0 Å². The summed E-state index contributed by atoms with van der Waals surface area (Å²) in [5.74, 6) is -0.749. The second-order valence-corrected chi connectivity index (χ2v) is 3.86. The SMILES string of the molecule is NC(=O)C1C=CC=C2C1=Nc1ccccc12. The smallest absolute Gasteiger partial charge is 0.230 e. The molecule has 78 valence electrons. The molecule has 0 bridgehead atoms. The molecular weight excluding hydrogens is 200 g/mol. The monoisotopic (exact) mass is 210 g/mol. The van der Waals surface area contributed by atoms with Gasteiger partial charge in [-0.15, -0.1) is 0 Å². The summed E-state index contributed by atoms with van der Waals surface area (Å²) in [6.45, 7) is 0. The second kappa shape index (κ2) is 3.17. The fourth-order valence-electron chi connectivity index (χ4n) is 2.12. The number of allylic oxidation sites excluding steroid dienone is 3. The van der Waals surface area contributed by atoms with Crippen molar-refractivity contribution in [2.75, 3.05) is 0 Å². The van der Waals surface area contributed by atoms with Gasteiger partial charge >= 0.3 is 0 Å². The molecule has 3 nitrogen and oxygen atoms in total. The minimum atomic E-state index is -0.396. The molecule has 1 aliphatic heterocycles. The zero-order valence-corrected chi connectivity index (χ0v) is 8.55. The van der Waals surface area contributed by atoms with Crippen molar-refractivity contribution in [3.8, 4) is 0 Å². The van der Waals surface area contributed by atoms with E-state index in [-0.39, 0.29) is 5.91 Å². The van der Waals surface area contributed by atoms with Crippen molar-refractivity contribution in [2.24, 2.45) is 16.6 Å². The first-order valence-electron chi connectivity index (χ1n) is 5.13. The summed E-state index contributed by atoms with van der Waals surface area (Å²) in [5, 5.41) is 0. The van der Waals surface area contributed by atoms with Gasteiger partial charge in [-0.3, -0.25) is 9.79 Å². The zero-order valence-electron chi connectivity index (χ0n) is 8.55. The lowest BCUT2D eigenvalue weighted by Crippen LogP contribution is -2.29. The van der Waals surface area contributed by atoms with Crippen LogP contribution in [0.3, 0.4) is 0 Å². The molecule has 3 heteroatoms. The van der Waals surface area contributed by atoms with Gasteiger partial charge in [-0.1, -0.05) is 36.4 Å². The Balaban J connectivity index is 2.16. The van der Waals surface area contributed by atoms with Crippen molar-refractivity contribution in [2.45, 2.75) is 0 Å². The Morgan fingerprint density at radius 3 is 2.94 bits per heavy atom. The van der Waals surface area contributed by atoms with Crippen molar-refractivity contribution in [1.29, 1.82) is 0 Å². The largest absolute Gasteiger partial charge is 0.369 e. The molecule has 1 amide bonds. The van der Waals surface area contributed by atoms with Crippen LogP contribution in [0.15, 0.2) is 47.5 Å². The quantitative estimate of drug-likeness (QED) is 0.755. The number of nitrogens with zero attached hydrogens (tertiary/aromatic N) is 1. The summed E-state index contributed by atoms with van der Waals surface area (Å²) >= 11 is 0. The van der Waals surface area contributed by atoms with Crippen LogP contribution in [-0.2, 0) is 4.79 Å². The molecule has 16 heavy (non-hydrogen) atoms. The number of rotatable bonds is 1. The third-order valence-electron chi connectivity index (χ3n) is 2.88. The van der Waals surface area contributed by atoms with Crippen molar-refractivity contribution in [1.82, 2.24) is 0 Å². The zero-order chi connectivity index (χ0) is 11.1. The van der Waals surface area contributed by atoms with Gasteiger partial charge in [0.05, 0.1) is 17.3 Å². The number of aliphatic imine (C=N–C) groups is 1. The van der Waals surface area contributed by atoms with Gasteiger partial charge in [0.2, 0.25) is 5.91 Å². The summed E-state index contributed by atoms with van der Waals surface area (Å²) < 4.78 is 0. The average molecular weight is 210 g/mol. The van der Waals surface area contributed by atoms with Crippen molar-refractivity contribution < 1.29 is 4.79 Å². The molecule has 0 spiro atoms. The normalized spacial score (nSPS) is 20.9. The third kappa shape index (κ3) is 1.15. The highest BCUT2D eigenvalue weighted by atomic mass is 16.1. The summed E-state index contributed by atoms with van der Waals surface area (Å²) in [6.07, 6.45) is 5.63. The Morgan fingerprint density at radius 1 is 1.31 bits per heavy atom. The highest BCUT2D eigenvalue weighted by Gasteiger charge is 2.30. The van der Waals surface area contributed by atoms with Gasteiger partial charge in [-0.25, -0.2) is 0 Å². The molecule has 1 aliphatic carbocycles. The molecular formula is C13H10N2O. The lowest BCUT2D eigenvalue weighted by atomic mass is 9.89. The maximum absolute atomic E-state index is 11.3. The van der Waals surface area contributed by atoms with Crippen molar-refractivity contribution >= 4 is 22.9 Å². The fraction of sp³-hybridized carbons (Fsp3) is 0.0769. The molecule has 2 aliphatic rings. The number of primary amides is 1. The van der Waals surface area contributed by atoms with Gasteiger partial charge in [-0.05, 0) is 6.07 Å². The van der Waals surface area contributed by atoms with Gasteiger partial charge in [0.1, 0.15) is 0 Å². The van der Waals surface area contributed by atoms with E-state index in [1.807, 2.05) is 36.4 Å². The van der Waals surface area contributed by atoms with Crippen LogP contribution < -0.4 is 5.73 Å². The number of carbonyl (C=O) groups is 1. The number of nitrogens with two attached hydrogens (primary N) is 1.